The highest BCUT2D eigenvalue weighted by Crippen LogP contribution is 2.46. The second kappa shape index (κ2) is 8.95. The first-order valence-corrected chi connectivity index (χ1v) is 13.0. The molecule has 0 heterocycles. The van der Waals surface area contributed by atoms with Crippen molar-refractivity contribution in [3.63, 3.8) is 0 Å². The maximum atomic E-state index is 6.65. The molecule has 2 nitrogen and oxygen atoms in total. The lowest BCUT2D eigenvalue weighted by molar-refractivity contribution is 0.486. The van der Waals surface area contributed by atoms with Crippen LogP contribution in [-0.4, -0.2) is 0 Å². The average molecular weight is 541 g/mol. The van der Waals surface area contributed by atoms with Crippen LogP contribution in [0.15, 0.2) is 132 Å². The number of hydrogen-bond acceptors (Lipinski definition) is 2. The molecule has 0 spiro atoms. The van der Waals surface area contributed by atoms with E-state index in [0.29, 0.717) is 0 Å². The Bertz CT molecular complexity index is 1960. The first-order valence-electron chi connectivity index (χ1n) is 12.2. The second-order valence-corrected chi connectivity index (χ2v) is 10.0. The van der Waals surface area contributed by atoms with Crippen LogP contribution >= 0.6 is 15.9 Å². The molecule has 0 atom stereocenters. The van der Waals surface area contributed by atoms with Crippen molar-refractivity contribution >= 4 is 59.0 Å². The summed E-state index contributed by atoms with van der Waals surface area (Å²) in [6.45, 7) is 0. The molecular weight excluding hydrogens is 520 g/mol. The van der Waals surface area contributed by atoms with Gasteiger partial charge in [-0.25, -0.2) is 0 Å². The van der Waals surface area contributed by atoms with E-state index in [-0.39, 0.29) is 0 Å². The number of rotatable bonds is 4. The minimum absolute atomic E-state index is 0.799. The highest BCUT2D eigenvalue weighted by atomic mass is 79.9. The Morgan fingerprint density at radius 2 is 0.838 bits per heavy atom. The zero-order valence-electron chi connectivity index (χ0n) is 19.8. The summed E-state index contributed by atoms with van der Waals surface area (Å²) in [5, 5.41) is 8.64. The first kappa shape index (κ1) is 21.9. The molecular formula is C34H21BrO2. The van der Waals surface area contributed by atoms with Crippen LogP contribution in [0.2, 0.25) is 0 Å². The molecule has 7 aromatic rings. The summed E-state index contributed by atoms with van der Waals surface area (Å²) in [5.74, 6) is 3.23. The lowest BCUT2D eigenvalue weighted by atomic mass is 10.0. The molecule has 0 unspecified atom stereocenters. The Hall–Kier alpha value is -4.34. The zero-order chi connectivity index (χ0) is 24.8. The molecule has 0 N–H and O–H groups in total. The van der Waals surface area contributed by atoms with Gasteiger partial charge in [-0.2, -0.15) is 0 Å². The van der Waals surface area contributed by atoms with E-state index in [0.717, 1.165) is 59.8 Å². The normalized spacial score (nSPS) is 11.4. The monoisotopic (exact) mass is 540 g/mol. The van der Waals surface area contributed by atoms with Crippen LogP contribution in [-0.2, 0) is 0 Å². The fraction of sp³-hybridized carbons (Fsp3) is 0. The lowest BCUT2D eigenvalue weighted by Crippen LogP contribution is -1.93. The summed E-state index contributed by atoms with van der Waals surface area (Å²) in [5.41, 5.74) is 0. The van der Waals surface area contributed by atoms with Crippen LogP contribution in [0.25, 0.3) is 43.1 Å². The summed E-state index contributed by atoms with van der Waals surface area (Å²) in [7, 11) is 0. The molecule has 0 amide bonds. The summed E-state index contributed by atoms with van der Waals surface area (Å²) in [6.07, 6.45) is 0. The van der Waals surface area contributed by atoms with Gasteiger partial charge in [0, 0.05) is 26.0 Å². The van der Waals surface area contributed by atoms with Gasteiger partial charge in [0.05, 0.1) is 0 Å². The van der Waals surface area contributed by atoms with Crippen molar-refractivity contribution in [1.29, 1.82) is 0 Å². The molecule has 0 bridgehead atoms. The van der Waals surface area contributed by atoms with Gasteiger partial charge >= 0.3 is 0 Å². The Morgan fingerprint density at radius 3 is 1.41 bits per heavy atom. The van der Waals surface area contributed by atoms with E-state index in [9.17, 15) is 0 Å². The highest BCUT2D eigenvalue weighted by molar-refractivity contribution is 9.10. The number of halogens is 1. The van der Waals surface area contributed by atoms with Crippen LogP contribution in [0.5, 0.6) is 23.0 Å². The van der Waals surface area contributed by atoms with Gasteiger partial charge in [0.25, 0.3) is 0 Å². The number of fused-ring (bicyclic) bond motifs is 4. The predicted molar refractivity (Wildman–Crippen MR) is 157 cm³/mol. The minimum atomic E-state index is 0.799. The summed E-state index contributed by atoms with van der Waals surface area (Å²) < 4.78 is 14.3. The third kappa shape index (κ3) is 3.98. The summed E-state index contributed by atoms with van der Waals surface area (Å²) >= 11 is 3.67. The quantitative estimate of drug-likeness (QED) is 0.206. The van der Waals surface area contributed by atoms with Gasteiger partial charge in [-0.3, -0.25) is 0 Å². The van der Waals surface area contributed by atoms with E-state index in [1.54, 1.807) is 0 Å². The fourth-order valence-electron chi connectivity index (χ4n) is 4.99. The standard InChI is InChI=1S/C34H21BrO2/c35-26-15-18-31-32(21-26)34(37-28-17-14-23-8-2-4-10-25(23)20-28)30-12-6-5-11-29(30)33(31)36-27-16-13-22-7-1-3-9-24(22)19-27/h1-21H. The van der Waals surface area contributed by atoms with Crippen LogP contribution in [0.1, 0.15) is 0 Å². The van der Waals surface area contributed by atoms with Crippen molar-refractivity contribution in [1.82, 2.24) is 0 Å². The third-order valence-corrected chi connectivity index (χ3v) is 7.26. The molecule has 0 saturated carbocycles. The molecule has 37 heavy (non-hydrogen) atoms. The highest BCUT2D eigenvalue weighted by Gasteiger charge is 2.18. The van der Waals surface area contributed by atoms with Crippen LogP contribution in [0.3, 0.4) is 0 Å². The van der Waals surface area contributed by atoms with Crippen molar-refractivity contribution in [2.24, 2.45) is 0 Å². The van der Waals surface area contributed by atoms with Gasteiger partial charge in [0.15, 0.2) is 0 Å². The minimum Gasteiger partial charge on any atom is -0.456 e. The van der Waals surface area contributed by atoms with Gasteiger partial charge in [-0.15, -0.1) is 0 Å². The number of ether oxygens (including phenoxy) is 2. The maximum Gasteiger partial charge on any atom is 0.143 e. The Labute approximate surface area is 222 Å². The van der Waals surface area contributed by atoms with E-state index in [1.807, 2.05) is 42.5 Å². The third-order valence-electron chi connectivity index (χ3n) is 6.77. The first-order chi connectivity index (χ1) is 18.2. The van der Waals surface area contributed by atoms with E-state index in [2.05, 4.69) is 101 Å². The van der Waals surface area contributed by atoms with E-state index >= 15 is 0 Å². The summed E-state index contributed by atoms with van der Waals surface area (Å²) in [4.78, 5) is 0. The Kier molecular flexibility index (Phi) is 5.30. The Balaban J connectivity index is 1.43. The van der Waals surface area contributed by atoms with Crippen molar-refractivity contribution in [2.75, 3.05) is 0 Å². The van der Waals surface area contributed by atoms with Gasteiger partial charge < -0.3 is 9.47 Å². The second-order valence-electron chi connectivity index (χ2n) is 9.12. The predicted octanol–water partition coefficient (Wildman–Crippen LogP) is 10.6. The smallest absolute Gasteiger partial charge is 0.143 e. The molecule has 7 rings (SSSR count). The van der Waals surface area contributed by atoms with Crippen molar-refractivity contribution in [3.8, 4) is 23.0 Å². The van der Waals surface area contributed by atoms with Crippen molar-refractivity contribution < 1.29 is 9.47 Å². The zero-order valence-corrected chi connectivity index (χ0v) is 21.4. The van der Waals surface area contributed by atoms with E-state index in [1.165, 1.54) is 10.8 Å². The Morgan fingerprint density at radius 1 is 0.378 bits per heavy atom. The SMILES string of the molecule is Brc1ccc2c(Oc3ccc4ccccc4c3)c3ccccc3c(Oc3ccc4ccccc4c3)c2c1. The van der Waals surface area contributed by atoms with E-state index in [4.69, 9.17) is 9.47 Å². The van der Waals surface area contributed by atoms with Gasteiger partial charge in [0.2, 0.25) is 0 Å². The molecule has 176 valence electrons. The number of benzene rings is 7. The van der Waals surface area contributed by atoms with Crippen LogP contribution in [0.4, 0.5) is 0 Å². The summed E-state index contributed by atoms with van der Waals surface area (Å²) in [6, 6.07) is 43.6. The van der Waals surface area contributed by atoms with Crippen molar-refractivity contribution in [3.05, 3.63) is 132 Å². The van der Waals surface area contributed by atoms with Crippen LogP contribution < -0.4 is 9.47 Å². The molecule has 0 aliphatic heterocycles. The molecule has 0 radical (unpaired) electrons. The molecule has 0 fully saturated rings. The molecule has 3 heteroatoms. The molecule has 7 aromatic carbocycles. The molecule has 0 aliphatic carbocycles. The maximum absolute atomic E-state index is 6.65. The van der Waals surface area contributed by atoms with Gasteiger partial charge in [-0.1, -0.05) is 101 Å². The topological polar surface area (TPSA) is 18.5 Å². The molecule has 0 saturated heterocycles. The van der Waals surface area contributed by atoms with E-state index < -0.39 is 0 Å². The van der Waals surface area contributed by atoms with Crippen molar-refractivity contribution in [2.45, 2.75) is 0 Å². The largest absolute Gasteiger partial charge is 0.456 e. The fourth-order valence-corrected chi connectivity index (χ4v) is 5.35. The van der Waals surface area contributed by atoms with Crippen LogP contribution in [0, 0.1) is 0 Å². The molecule has 0 aliphatic rings. The van der Waals surface area contributed by atoms with Gasteiger partial charge in [-0.05, 0) is 64.0 Å². The molecule has 0 aromatic heterocycles. The number of hydrogen-bond donors (Lipinski definition) is 0. The average Bonchev–Trinajstić information content (AvgIpc) is 2.94. The van der Waals surface area contributed by atoms with Gasteiger partial charge in [0.1, 0.15) is 23.0 Å². The lowest BCUT2D eigenvalue weighted by Gasteiger charge is -2.18.